The first kappa shape index (κ1) is 15.4. The number of hydrogen-bond acceptors (Lipinski definition) is 5. The van der Waals surface area contributed by atoms with Crippen LogP contribution >= 0.6 is 11.3 Å². The van der Waals surface area contributed by atoms with Crippen molar-refractivity contribution < 1.29 is 9.15 Å². The lowest BCUT2D eigenvalue weighted by Gasteiger charge is -2.36. The average Bonchev–Trinajstić information content (AvgIpc) is 3.21. The molecule has 0 bridgehead atoms. The summed E-state index contributed by atoms with van der Waals surface area (Å²) < 4.78 is 11.8. The Kier molecular flexibility index (Phi) is 4.28. The summed E-state index contributed by atoms with van der Waals surface area (Å²) in [4.78, 5) is 7.91. The summed E-state index contributed by atoms with van der Waals surface area (Å²) in [7, 11) is 0. The molecular formula is C18H24N2O2S. The van der Waals surface area contributed by atoms with Gasteiger partial charge in [0.15, 0.2) is 0 Å². The van der Waals surface area contributed by atoms with Gasteiger partial charge in [-0.2, -0.15) is 0 Å². The molecule has 124 valence electrons. The lowest BCUT2D eigenvalue weighted by Crippen LogP contribution is -2.50. The quantitative estimate of drug-likeness (QED) is 0.860. The standard InChI is InChI=1S/C18H24N2O2S/c1-13-3-5-15(22-13)9-20-7-8-21-18-12-19(11-17(18)20)10-16-6-4-14(2)23-16/h3-6,17-18H,7-12H2,1-2H3/t17-,18+/m0/s1. The molecule has 0 spiro atoms. The molecule has 5 heteroatoms. The van der Waals surface area contributed by atoms with Crippen molar-refractivity contribution in [1.82, 2.24) is 9.80 Å². The number of likely N-dealkylation sites (tertiary alicyclic amines) is 1. The van der Waals surface area contributed by atoms with E-state index in [9.17, 15) is 0 Å². The maximum absolute atomic E-state index is 6.04. The van der Waals surface area contributed by atoms with Crippen molar-refractivity contribution in [2.24, 2.45) is 0 Å². The molecule has 0 unspecified atom stereocenters. The molecule has 0 radical (unpaired) electrons. The first-order chi connectivity index (χ1) is 11.2. The van der Waals surface area contributed by atoms with Gasteiger partial charge in [-0.05, 0) is 38.1 Å². The molecule has 0 aromatic carbocycles. The van der Waals surface area contributed by atoms with Crippen molar-refractivity contribution in [2.75, 3.05) is 26.2 Å². The zero-order valence-electron chi connectivity index (χ0n) is 13.8. The van der Waals surface area contributed by atoms with Crippen molar-refractivity contribution in [3.63, 3.8) is 0 Å². The van der Waals surface area contributed by atoms with Gasteiger partial charge in [-0.1, -0.05) is 0 Å². The Bertz CT molecular complexity index is 666. The number of morpholine rings is 1. The smallest absolute Gasteiger partial charge is 0.118 e. The van der Waals surface area contributed by atoms with Gasteiger partial charge >= 0.3 is 0 Å². The molecule has 23 heavy (non-hydrogen) atoms. The third-order valence-corrected chi connectivity index (χ3v) is 5.81. The van der Waals surface area contributed by atoms with E-state index < -0.39 is 0 Å². The molecule has 0 aliphatic carbocycles. The van der Waals surface area contributed by atoms with E-state index in [1.165, 1.54) is 9.75 Å². The molecule has 2 atom stereocenters. The van der Waals surface area contributed by atoms with Crippen LogP contribution in [0.5, 0.6) is 0 Å². The number of ether oxygens (including phenoxy) is 1. The van der Waals surface area contributed by atoms with E-state index in [1.54, 1.807) is 0 Å². The fourth-order valence-corrected chi connectivity index (χ4v) is 4.65. The molecule has 0 saturated carbocycles. The summed E-state index contributed by atoms with van der Waals surface area (Å²) in [5.41, 5.74) is 0. The van der Waals surface area contributed by atoms with Crippen LogP contribution in [0, 0.1) is 13.8 Å². The highest BCUT2D eigenvalue weighted by Gasteiger charge is 2.40. The monoisotopic (exact) mass is 332 g/mol. The molecular weight excluding hydrogens is 308 g/mol. The number of furan rings is 1. The summed E-state index contributed by atoms with van der Waals surface area (Å²) in [5, 5.41) is 0. The average molecular weight is 332 g/mol. The van der Waals surface area contributed by atoms with Crippen LogP contribution in [0.15, 0.2) is 28.7 Å². The molecule has 0 N–H and O–H groups in total. The molecule has 2 aliphatic heterocycles. The Morgan fingerprint density at radius 3 is 2.78 bits per heavy atom. The van der Waals surface area contributed by atoms with E-state index in [0.717, 1.165) is 50.9 Å². The summed E-state index contributed by atoms with van der Waals surface area (Å²) >= 11 is 1.90. The minimum atomic E-state index is 0.334. The van der Waals surface area contributed by atoms with Gasteiger partial charge in [0.05, 0.1) is 25.3 Å². The normalized spacial score (nSPS) is 25.8. The number of aryl methyl sites for hydroxylation is 2. The third kappa shape index (κ3) is 3.38. The van der Waals surface area contributed by atoms with Gasteiger partial charge < -0.3 is 9.15 Å². The van der Waals surface area contributed by atoms with Gasteiger partial charge in [0.1, 0.15) is 11.5 Å². The molecule has 4 heterocycles. The summed E-state index contributed by atoms with van der Waals surface area (Å²) in [6.45, 7) is 10.1. The highest BCUT2D eigenvalue weighted by atomic mass is 32.1. The van der Waals surface area contributed by atoms with Gasteiger partial charge in [-0.15, -0.1) is 11.3 Å². The van der Waals surface area contributed by atoms with Gasteiger partial charge in [0.25, 0.3) is 0 Å². The maximum atomic E-state index is 6.04. The number of nitrogens with zero attached hydrogens (tertiary/aromatic N) is 2. The van der Waals surface area contributed by atoms with E-state index in [-0.39, 0.29) is 0 Å². The van der Waals surface area contributed by atoms with Crippen molar-refractivity contribution in [1.29, 1.82) is 0 Å². The zero-order chi connectivity index (χ0) is 15.8. The Hall–Kier alpha value is -1.14. The van der Waals surface area contributed by atoms with Crippen molar-refractivity contribution in [3.05, 3.63) is 45.5 Å². The van der Waals surface area contributed by atoms with Crippen LogP contribution in [0.3, 0.4) is 0 Å². The Labute approximate surface area is 141 Å². The second-order valence-corrected chi connectivity index (χ2v) is 8.04. The van der Waals surface area contributed by atoms with E-state index in [4.69, 9.17) is 9.15 Å². The van der Waals surface area contributed by atoms with E-state index in [1.807, 2.05) is 24.3 Å². The second kappa shape index (κ2) is 6.40. The topological polar surface area (TPSA) is 28.9 Å². The molecule has 2 fully saturated rings. The van der Waals surface area contributed by atoms with E-state index in [0.29, 0.717) is 12.1 Å². The fourth-order valence-electron chi connectivity index (χ4n) is 3.72. The SMILES string of the molecule is Cc1ccc(CN2CCO[C@@H]3CN(Cc4ccc(C)s4)C[C@@H]32)o1. The number of thiophene rings is 1. The Balaban J connectivity index is 1.41. The molecule has 4 nitrogen and oxygen atoms in total. The molecule has 2 saturated heterocycles. The van der Waals surface area contributed by atoms with E-state index in [2.05, 4.69) is 34.9 Å². The van der Waals surface area contributed by atoms with Crippen LogP contribution < -0.4 is 0 Å². The van der Waals surface area contributed by atoms with Crippen LogP contribution in [-0.2, 0) is 17.8 Å². The van der Waals surface area contributed by atoms with Crippen molar-refractivity contribution >= 4 is 11.3 Å². The van der Waals surface area contributed by atoms with Gasteiger partial charge in [0, 0.05) is 35.9 Å². The number of hydrogen-bond donors (Lipinski definition) is 0. The summed E-state index contributed by atoms with van der Waals surface area (Å²) in [6, 6.07) is 9.10. The first-order valence-corrected chi connectivity index (χ1v) is 9.18. The summed E-state index contributed by atoms with van der Waals surface area (Å²) in [5.74, 6) is 2.06. The summed E-state index contributed by atoms with van der Waals surface area (Å²) in [6.07, 6.45) is 0.334. The minimum absolute atomic E-state index is 0.334. The molecule has 2 aromatic rings. The van der Waals surface area contributed by atoms with Gasteiger partial charge in [-0.25, -0.2) is 0 Å². The Morgan fingerprint density at radius 2 is 2.04 bits per heavy atom. The zero-order valence-corrected chi connectivity index (χ0v) is 14.6. The fraction of sp³-hybridized carbons (Fsp3) is 0.556. The molecule has 2 aliphatic rings. The van der Waals surface area contributed by atoms with Gasteiger partial charge in [-0.3, -0.25) is 9.80 Å². The van der Waals surface area contributed by atoms with Gasteiger partial charge in [0.2, 0.25) is 0 Å². The van der Waals surface area contributed by atoms with Crippen LogP contribution in [0.2, 0.25) is 0 Å². The molecule has 2 aromatic heterocycles. The van der Waals surface area contributed by atoms with E-state index >= 15 is 0 Å². The molecule has 4 rings (SSSR count). The number of rotatable bonds is 4. The largest absolute Gasteiger partial charge is 0.465 e. The van der Waals surface area contributed by atoms with Crippen molar-refractivity contribution in [3.8, 4) is 0 Å². The van der Waals surface area contributed by atoms with Crippen LogP contribution in [0.4, 0.5) is 0 Å². The van der Waals surface area contributed by atoms with Crippen LogP contribution in [0.1, 0.15) is 21.3 Å². The maximum Gasteiger partial charge on any atom is 0.118 e. The lowest BCUT2D eigenvalue weighted by atomic mass is 10.1. The van der Waals surface area contributed by atoms with Crippen molar-refractivity contribution in [2.45, 2.75) is 39.1 Å². The van der Waals surface area contributed by atoms with Crippen LogP contribution in [0.25, 0.3) is 0 Å². The van der Waals surface area contributed by atoms with Crippen LogP contribution in [-0.4, -0.2) is 48.2 Å². The highest BCUT2D eigenvalue weighted by molar-refractivity contribution is 7.11. The lowest BCUT2D eigenvalue weighted by molar-refractivity contribution is -0.0523. The highest BCUT2D eigenvalue weighted by Crippen LogP contribution is 2.27. The minimum Gasteiger partial charge on any atom is -0.465 e. The third-order valence-electron chi connectivity index (χ3n) is 4.82. The predicted molar refractivity (Wildman–Crippen MR) is 91.7 cm³/mol. The first-order valence-electron chi connectivity index (χ1n) is 8.36. The predicted octanol–water partition coefficient (Wildman–Crippen LogP) is 3.04. The molecule has 0 amide bonds. The number of fused-ring (bicyclic) bond motifs is 1. The second-order valence-electron chi connectivity index (χ2n) is 6.67. The Morgan fingerprint density at radius 1 is 1.13 bits per heavy atom.